The standard InChI is InChI=1S/C20H18FNO/c1-20-12-14-3-2-10-22(18-8-6-17(21)7-9-18)19(14)11-15(20)4-5-16(20)13-23/h3,6-11,13,16H,4-5,12H2,1H3/t16-,20?/m1/s1. The normalized spacial score (nSPS) is 28.5. The molecule has 23 heavy (non-hydrogen) atoms. The minimum atomic E-state index is -0.237. The predicted molar refractivity (Wildman–Crippen MR) is 88.2 cm³/mol. The molecule has 0 N–H and O–H groups in total. The topological polar surface area (TPSA) is 20.3 Å². The lowest BCUT2D eigenvalue weighted by Crippen LogP contribution is -2.30. The molecular formula is C20H18FNO. The van der Waals surface area contributed by atoms with E-state index in [-0.39, 0.29) is 17.2 Å². The van der Waals surface area contributed by atoms with Crippen molar-refractivity contribution in [2.75, 3.05) is 4.90 Å². The summed E-state index contributed by atoms with van der Waals surface area (Å²) in [6.07, 6.45) is 10.00. The molecule has 0 amide bonds. The van der Waals surface area contributed by atoms with Crippen LogP contribution in [0.3, 0.4) is 0 Å². The van der Waals surface area contributed by atoms with Gasteiger partial charge in [-0.2, -0.15) is 0 Å². The van der Waals surface area contributed by atoms with Gasteiger partial charge in [-0.25, -0.2) is 4.39 Å². The molecule has 3 heteroatoms. The summed E-state index contributed by atoms with van der Waals surface area (Å²) >= 11 is 0. The summed E-state index contributed by atoms with van der Waals surface area (Å²) in [4.78, 5) is 13.5. The van der Waals surface area contributed by atoms with Crippen molar-refractivity contribution in [3.63, 3.8) is 0 Å². The van der Waals surface area contributed by atoms with Crippen LogP contribution < -0.4 is 4.90 Å². The first-order chi connectivity index (χ1) is 11.1. The highest BCUT2D eigenvalue weighted by molar-refractivity contribution is 5.66. The first-order valence-corrected chi connectivity index (χ1v) is 7.99. The van der Waals surface area contributed by atoms with Gasteiger partial charge in [0.25, 0.3) is 0 Å². The fourth-order valence-corrected chi connectivity index (χ4v) is 4.04. The van der Waals surface area contributed by atoms with Gasteiger partial charge in [0, 0.05) is 22.7 Å². The summed E-state index contributed by atoms with van der Waals surface area (Å²) in [5.41, 5.74) is 7.70. The third-order valence-electron chi connectivity index (χ3n) is 5.46. The van der Waals surface area contributed by atoms with E-state index in [0.717, 1.165) is 36.9 Å². The highest BCUT2D eigenvalue weighted by Crippen LogP contribution is 2.54. The molecule has 116 valence electrons. The van der Waals surface area contributed by atoms with Gasteiger partial charge in [0.05, 0.1) is 6.20 Å². The quantitative estimate of drug-likeness (QED) is 0.591. The number of anilines is 1. The molecule has 0 radical (unpaired) electrons. The van der Waals surface area contributed by atoms with Crippen molar-refractivity contribution in [2.45, 2.75) is 26.2 Å². The van der Waals surface area contributed by atoms with Crippen LogP contribution in [0.1, 0.15) is 26.2 Å². The maximum atomic E-state index is 13.2. The fourth-order valence-electron chi connectivity index (χ4n) is 4.04. The molecule has 0 spiro atoms. The van der Waals surface area contributed by atoms with E-state index in [9.17, 15) is 9.18 Å². The molecule has 1 aromatic carbocycles. The van der Waals surface area contributed by atoms with Crippen molar-refractivity contribution in [1.82, 2.24) is 0 Å². The van der Waals surface area contributed by atoms with E-state index in [1.54, 1.807) is 12.1 Å². The van der Waals surface area contributed by atoms with Gasteiger partial charge in [0.15, 0.2) is 0 Å². The largest absolute Gasteiger partial charge is 0.310 e. The lowest BCUT2D eigenvalue weighted by atomic mass is 9.69. The first kappa shape index (κ1) is 14.2. The van der Waals surface area contributed by atoms with Crippen LogP contribution >= 0.6 is 0 Å². The van der Waals surface area contributed by atoms with Gasteiger partial charge in [-0.15, -0.1) is 5.73 Å². The molecular weight excluding hydrogens is 289 g/mol. The Balaban J connectivity index is 1.77. The summed E-state index contributed by atoms with van der Waals surface area (Å²) in [5.74, 6) is -0.139. The van der Waals surface area contributed by atoms with Gasteiger partial charge >= 0.3 is 0 Å². The SMILES string of the molecule is CC12CC3=C(C=C1CC[C@@H]2C=O)N(c1ccc(F)cc1)C=C=C3. The molecule has 2 aliphatic carbocycles. The Bertz CT molecular complexity index is 795. The Morgan fingerprint density at radius 2 is 2.13 bits per heavy atom. The fraction of sp³-hybridized carbons (Fsp3) is 0.300. The zero-order chi connectivity index (χ0) is 16.0. The van der Waals surface area contributed by atoms with Gasteiger partial charge < -0.3 is 9.69 Å². The van der Waals surface area contributed by atoms with Gasteiger partial charge in [0.1, 0.15) is 12.1 Å². The number of hydrogen-bond donors (Lipinski definition) is 0. The number of carbonyl (C=O) groups excluding carboxylic acids is 1. The molecule has 0 aromatic heterocycles. The number of rotatable bonds is 2. The van der Waals surface area contributed by atoms with Crippen molar-refractivity contribution in [2.24, 2.45) is 11.3 Å². The van der Waals surface area contributed by atoms with E-state index in [1.165, 1.54) is 23.3 Å². The van der Waals surface area contributed by atoms with Crippen molar-refractivity contribution in [3.05, 3.63) is 71.0 Å². The first-order valence-electron chi connectivity index (χ1n) is 7.99. The zero-order valence-electron chi connectivity index (χ0n) is 13.1. The van der Waals surface area contributed by atoms with Crippen molar-refractivity contribution in [1.29, 1.82) is 0 Å². The van der Waals surface area contributed by atoms with E-state index in [4.69, 9.17) is 0 Å². The third-order valence-corrected chi connectivity index (χ3v) is 5.46. The second kappa shape index (κ2) is 5.07. The number of hydrogen-bond acceptors (Lipinski definition) is 2. The number of benzene rings is 1. The van der Waals surface area contributed by atoms with Crippen LogP contribution in [0.5, 0.6) is 0 Å². The minimum Gasteiger partial charge on any atom is -0.310 e. The van der Waals surface area contributed by atoms with Crippen LogP contribution in [0.2, 0.25) is 0 Å². The van der Waals surface area contributed by atoms with Gasteiger partial charge in [0.2, 0.25) is 0 Å². The van der Waals surface area contributed by atoms with E-state index < -0.39 is 0 Å². The number of nitrogens with zero attached hydrogens (tertiary/aromatic N) is 1. The molecule has 1 aromatic rings. The summed E-state index contributed by atoms with van der Waals surface area (Å²) < 4.78 is 13.2. The monoisotopic (exact) mass is 307 g/mol. The maximum Gasteiger partial charge on any atom is 0.123 e. The zero-order valence-corrected chi connectivity index (χ0v) is 13.1. The molecule has 2 nitrogen and oxygen atoms in total. The van der Waals surface area contributed by atoms with Gasteiger partial charge in [-0.1, -0.05) is 12.5 Å². The van der Waals surface area contributed by atoms with Crippen LogP contribution in [-0.2, 0) is 4.79 Å². The molecule has 1 fully saturated rings. The molecule has 2 atom stereocenters. The number of aldehydes is 1. The van der Waals surface area contributed by atoms with Crippen LogP contribution in [0.15, 0.2) is 65.2 Å². The Kier molecular flexibility index (Phi) is 3.14. The summed E-state index contributed by atoms with van der Waals surface area (Å²) in [5, 5.41) is 0. The lowest BCUT2D eigenvalue weighted by molar-refractivity contribution is -0.113. The van der Waals surface area contributed by atoms with E-state index in [1.807, 2.05) is 12.3 Å². The smallest absolute Gasteiger partial charge is 0.123 e. The summed E-state index contributed by atoms with van der Waals surface area (Å²) in [6.45, 7) is 2.20. The molecule has 1 unspecified atom stereocenters. The van der Waals surface area contributed by atoms with Crippen molar-refractivity contribution in [3.8, 4) is 0 Å². The molecule has 1 saturated carbocycles. The highest BCUT2D eigenvalue weighted by Gasteiger charge is 2.45. The minimum absolute atomic E-state index is 0.0649. The van der Waals surface area contributed by atoms with E-state index in [2.05, 4.69) is 23.6 Å². The lowest BCUT2D eigenvalue weighted by Gasteiger charge is -2.38. The second-order valence-corrected chi connectivity index (χ2v) is 6.74. The Morgan fingerprint density at radius 3 is 2.87 bits per heavy atom. The van der Waals surface area contributed by atoms with Crippen LogP contribution in [0.4, 0.5) is 10.1 Å². The Hall–Kier alpha value is -2.38. The van der Waals surface area contributed by atoms with E-state index >= 15 is 0 Å². The number of carbonyl (C=O) groups is 1. The molecule has 3 aliphatic rings. The van der Waals surface area contributed by atoms with Crippen molar-refractivity contribution >= 4 is 12.0 Å². The number of allylic oxidation sites excluding steroid dienone is 4. The predicted octanol–water partition coefficient (Wildman–Crippen LogP) is 4.51. The number of halogens is 1. The molecule has 0 saturated heterocycles. The molecule has 1 heterocycles. The molecule has 1 aliphatic heterocycles. The van der Waals surface area contributed by atoms with E-state index in [0.29, 0.717) is 0 Å². The van der Waals surface area contributed by atoms with Crippen LogP contribution in [0, 0.1) is 17.2 Å². The van der Waals surface area contributed by atoms with Gasteiger partial charge in [-0.3, -0.25) is 0 Å². The van der Waals surface area contributed by atoms with Crippen molar-refractivity contribution < 1.29 is 9.18 Å². The van der Waals surface area contributed by atoms with Crippen LogP contribution in [0.25, 0.3) is 0 Å². The Morgan fingerprint density at radius 1 is 1.35 bits per heavy atom. The van der Waals surface area contributed by atoms with Gasteiger partial charge in [-0.05, 0) is 61.3 Å². The third kappa shape index (κ3) is 2.12. The average Bonchev–Trinajstić information content (AvgIpc) is 2.88. The summed E-state index contributed by atoms with van der Waals surface area (Å²) in [6, 6.07) is 6.50. The average molecular weight is 307 g/mol. The molecule has 4 rings (SSSR count). The second-order valence-electron chi connectivity index (χ2n) is 6.74. The summed E-state index contributed by atoms with van der Waals surface area (Å²) in [7, 11) is 0. The maximum absolute atomic E-state index is 13.2. The highest BCUT2D eigenvalue weighted by atomic mass is 19.1. The van der Waals surface area contributed by atoms with Crippen LogP contribution in [-0.4, -0.2) is 6.29 Å². The molecule has 0 bridgehead atoms. The Labute approximate surface area is 135 Å². The number of fused-ring (bicyclic) bond motifs is 1.